The maximum absolute atomic E-state index is 12.5. The summed E-state index contributed by atoms with van der Waals surface area (Å²) >= 11 is 0. The molecule has 0 bridgehead atoms. The number of fused-ring (bicyclic) bond motifs is 1. The van der Waals surface area contributed by atoms with Crippen LogP contribution in [0, 0.1) is 6.92 Å². The van der Waals surface area contributed by atoms with Gasteiger partial charge in [0.1, 0.15) is 11.0 Å². The highest BCUT2D eigenvalue weighted by Crippen LogP contribution is 2.18. The number of carbonyl (C=O) groups is 1. The number of hydrogen-bond acceptors (Lipinski definition) is 4. The van der Waals surface area contributed by atoms with E-state index >= 15 is 0 Å². The molecule has 2 atom stereocenters. The molecule has 0 N–H and O–H groups in total. The summed E-state index contributed by atoms with van der Waals surface area (Å²) in [7, 11) is 0. The molecular formula is C16H25N5O2. The van der Waals surface area contributed by atoms with E-state index in [1.807, 2.05) is 41.2 Å². The standard InChI is InChI=1S/C16H25N5O2/c1-5-20-14-8-17-21(16(14)13(4)18-20)7-6-15(22)19-9-11(2)23-12(3)10-19/h8,11-12H,5-7,9-10H2,1-4H3. The molecule has 7 nitrogen and oxygen atoms in total. The van der Waals surface area contributed by atoms with Crippen LogP contribution in [0.1, 0.15) is 32.9 Å². The Balaban J connectivity index is 1.68. The lowest BCUT2D eigenvalue weighted by Gasteiger charge is -2.35. The highest BCUT2D eigenvalue weighted by molar-refractivity contribution is 5.79. The molecule has 3 rings (SSSR count). The van der Waals surface area contributed by atoms with Gasteiger partial charge in [0.2, 0.25) is 5.91 Å². The van der Waals surface area contributed by atoms with Gasteiger partial charge in [-0.1, -0.05) is 0 Å². The zero-order chi connectivity index (χ0) is 16.6. The van der Waals surface area contributed by atoms with Crippen LogP contribution in [0.2, 0.25) is 0 Å². The minimum absolute atomic E-state index is 0.101. The number of amides is 1. The molecule has 126 valence electrons. The Hall–Kier alpha value is -1.89. The van der Waals surface area contributed by atoms with E-state index in [9.17, 15) is 4.79 Å². The summed E-state index contributed by atoms with van der Waals surface area (Å²) in [4.78, 5) is 14.4. The monoisotopic (exact) mass is 319 g/mol. The van der Waals surface area contributed by atoms with Gasteiger partial charge in [-0.2, -0.15) is 10.2 Å². The summed E-state index contributed by atoms with van der Waals surface area (Å²) in [5.41, 5.74) is 3.02. The molecule has 1 fully saturated rings. The molecular weight excluding hydrogens is 294 g/mol. The van der Waals surface area contributed by atoms with Crippen molar-refractivity contribution in [3.63, 3.8) is 0 Å². The van der Waals surface area contributed by atoms with Crippen molar-refractivity contribution in [2.45, 2.75) is 59.4 Å². The summed E-state index contributed by atoms with van der Waals surface area (Å²) in [6, 6.07) is 0. The first-order valence-corrected chi connectivity index (χ1v) is 8.31. The summed E-state index contributed by atoms with van der Waals surface area (Å²) < 4.78 is 9.53. The van der Waals surface area contributed by atoms with Gasteiger partial charge in [0.15, 0.2) is 0 Å². The molecule has 23 heavy (non-hydrogen) atoms. The van der Waals surface area contributed by atoms with E-state index in [-0.39, 0.29) is 18.1 Å². The lowest BCUT2D eigenvalue weighted by molar-refractivity contribution is -0.143. The molecule has 2 aromatic heterocycles. The minimum atomic E-state index is 0.101. The summed E-state index contributed by atoms with van der Waals surface area (Å²) in [6.07, 6.45) is 2.49. The van der Waals surface area contributed by atoms with Crippen LogP contribution >= 0.6 is 0 Å². The predicted octanol–water partition coefficient (Wildman–Crippen LogP) is 1.59. The SMILES string of the molecule is CCn1nc(C)c2c1cnn2CCC(=O)N1CC(C)OC(C)C1. The van der Waals surface area contributed by atoms with Gasteiger partial charge in [-0.3, -0.25) is 14.2 Å². The first-order valence-electron chi connectivity index (χ1n) is 8.31. The fraction of sp³-hybridized carbons (Fsp3) is 0.688. The Kier molecular flexibility index (Phi) is 4.39. The lowest BCUT2D eigenvalue weighted by atomic mass is 10.2. The third-order valence-corrected chi connectivity index (χ3v) is 4.32. The third-order valence-electron chi connectivity index (χ3n) is 4.32. The maximum atomic E-state index is 12.5. The van der Waals surface area contributed by atoms with Gasteiger partial charge in [-0.25, -0.2) is 0 Å². The molecule has 0 saturated carbocycles. The molecule has 1 amide bonds. The van der Waals surface area contributed by atoms with Gasteiger partial charge in [-0.05, 0) is 27.7 Å². The van der Waals surface area contributed by atoms with Crippen molar-refractivity contribution in [2.24, 2.45) is 0 Å². The Morgan fingerprint density at radius 3 is 2.65 bits per heavy atom. The summed E-state index contributed by atoms with van der Waals surface area (Å²) in [5.74, 6) is 0.163. The van der Waals surface area contributed by atoms with Crippen molar-refractivity contribution in [2.75, 3.05) is 13.1 Å². The van der Waals surface area contributed by atoms with Crippen LogP contribution in [-0.4, -0.2) is 55.7 Å². The fourth-order valence-electron chi connectivity index (χ4n) is 3.37. The van der Waals surface area contributed by atoms with Crippen LogP contribution in [0.15, 0.2) is 6.20 Å². The fourth-order valence-corrected chi connectivity index (χ4v) is 3.37. The van der Waals surface area contributed by atoms with Crippen LogP contribution < -0.4 is 0 Å². The summed E-state index contributed by atoms with van der Waals surface area (Å²) in [6.45, 7) is 10.8. The lowest BCUT2D eigenvalue weighted by Crippen LogP contribution is -2.48. The van der Waals surface area contributed by atoms with E-state index in [0.717, 1.165) is 23.3 Å². The van der Waals surface area contributed by atoms with Crippen LogP contribution in [0.25, 0.3) is 11.0 Å². The van der Waals surface area contributed by atoms with Gasteiger partial charge in [-0.15, -0.1) is 0 Å². The van der Waals surface area contributed by atoms with Crippen molar-refractivity contribution in [3.05, 3.63) is 11.9 Å². The van der Waals surface area contributed by atoms with Crippen molar-refractivity contribution < 1.29 is 9.53 Å². The quantitative estimate of drug-likeness (QED) is 0.858. The second-order valence-electron chi connectivity index (χ2n) is 6.31. The van der Waals surface area contributed by atoms with Crippen molar-refractivity contribution >= 4 is 16.9 Å². The van der Waals surface area contributed by atoms with Crippen molar-refractivity contribution in [3.8, 4) is 0 Å². The molecule has 0 radical (unpaired) electrons. The average Bonchev–Trinajstić information content (AvgIpc) is 3.05. The third kappa shape index (κ3) is 3.10. The van der Waals surface area contributed by atoms with E-state index in [0.29, 0.717) is 26.1 Å². The highest BCUT2D eigenvalue weighted by atomic mass is 16.5. The number of morpholine rings is 1. The molecule has 2 unspecified atom stereocenters. The summed E-state index contributed by atoms with van der Waals surface area (Å²) in [5, 5.41) is 8.94. The minimum Gasteiger partial charge on any atom is -0.372 e. The molecule has 3 heterocycles. The maximum Gasteiger partial charge on any atom is 0.224 e. The molecule has 0 spiro atoms. The molecule has 1 aliphatic heterocycles. The molecule has 0 aromatic carbocycles. The normalized spacial score (nSPS) is 22.0. The highest BCUT2D eigenvalue weighted by Gasteiger charge is 2.25. The Bertz CT molecular complexity index is 695. The topological polar surface area (TPSA) is 65.2 Å². The Morgan fingerprint density at radius 2 is 2.00 bits per heavy atom. The van der Waals surface area contributed by atoms with Crippen molar-refractivity contribution in [1.82, 2.24) is 24.5 Å². The molecule has 2 aromatic rings. The van der Waals surface area contributed by atoms with Crippen LogP contribution in [0.4, 0.5) is 0 Å². The van der Waals surface area contributed by atoms with Crippen molar-refractivity contribution in [1.29, 1.82) is 0 Å². The van der Waals surface area contributed by atoms with Crippen LogP contribution in [0.3, 0.4) is 0 Å². The number of ether oxygens (including phenoxy) is 1. The number of hydrogen-bond donors (Lipinski definition) is 0. The first-order chi connectivity index (χ1) is 11.0. The Morgan fingerprint density at radius 1 is 1.30 bits per heavy atom. The largest absolute Gasteiger partial charge is 0.372 e. The van der Waals surface area contributed by atoms with Gasteiger partial charge in [0.05, 0.1) is 30.6 Å². The zero-order valence-corrected chi connectivity index (χ0v) is 14.3. The number of nitrogens with zero attached hydrogens (tertiary/aromatic N) is 5. The Labute approximate surface area is 136 Å². The number of aromatic nitrogens is 4. The van der Waals surface area contributed by atoms with E-state index in [4.69, 9.17) is 4.74 Å². The predicted molar refractivity (Wildman–Crippen MR) is 87.1 cm³/mol. The van der Waals surface area contributed by atoms with Gasteiger partial charge >= 0.3 is 0 Å². The van der Waals surface area contributed by atoms with E-state index < -0.39 is 0 Å². The molecule has 1 saturated heterocycles. The van der Waals surface area contributed by atoms with E-state index in [1.165, 1.54) is 0 Å². The van der Waals surface area contributed by atoms with Crippen LogP contribution in [-0.2, 0) is 22.6 Å². The molecule has 1 aliphatic rings. The smallest absolute Gasteiger partial charge is 0.224 e. The average molecular weight is 319 g/mol. The van der Waals surface area contributed by atoms with Crippen LogP contribution in [0.5, 0.6) is 0 Å². The van der Waals surface area contributed by atoms with E-state index in [2.05, 4.69) is 17.1 Å². The molecule has 7 heteroatoms. The zero-order valence-electron chi connectivity index (χ0n) is 14.3. The van der Waals surface area contributed by atoms with Gasteiger partial charge in [0, 0.05) is 26.1 Å². The van der Waals surface area contributed by atoms with E-state index in [1.54, 1.807) is 0 Å². The first kappa shape index (κ1) is 16.0. The number of rotatable bonds is 4. The molecule has 0 aliphatic carbocycles. The second-order valence-corrected chi connectivity index (χ2v) is 6.31. The van der Waals surface area contributed by atoms with Gasteiger partial charge < -0.3 is 9.64 Å². The second kappa shape index (κ2) is 6.31. The number of carbonyl (C=O) groups excluding carboxylic acids is 1. The number of aryl methyl sites for hydroxylation is 3. The van der Waals surface area contributed by atoms with Gasteiger partial charge in [0.25, 0.3) is 0 Å².